The second-order valence-electron chi connectivity index (χ2n) is 10.1. The Balaban J connectivity index is 1.35. The summed E-state index contributed by atoms with van der Waals surface area (Å²) in [7, 11) is 0. The van der Waals surface area contributed by atoms with Gasteiger partial charge >= 0.3 is 0 Å². The van der Waals surface area contributed by atoms with E-state index < -0.39 is 0 Å². The highest BCUT2D eigenvalue weighted by atomic mass is 14.9. The van der Waals surface area contributed by atoms with Gasteiger partial charge < -0.3 is 10.6 Å². The third-order valence-electron chi connectivity index (χ3n) is 7.15. The highest BCUT2D eigenvalue weighted by Crippen LogP contribution is 2.28. The summed E-state index contributed by atoms with van der Waals surface area (Å²) in [5, 5.41) is 26.4. The Morgan fingerprint density at radius 1 is 0.429 bits per heavy atom. The molecule has 0 unspecified atom stereocenters. The predicted molar refractivity (Wildman–Crippen MR) is 173 cm³/mol. The molecule has 0 aliphatic rings. The third kappa shape index (κ3) is 8.72. The predicted octanol–water partition coefficient (Wildman–Crippen LogP) is 8.47. The summed E-state index contributed by atoms with van der Waals surface area (Å²) < 4.78 is 0. The van der Waals surface area contributed by atoms with E-state index in [-0.39, 0.29) is 0 Å². The summed E-state index contributed by atoms with van der Waals surface area (Å²) in [4.78, 5) is 0. The molecule has 0 spiro atoms. The van der Waals surface area contributed by atoms with Crippen LogP contribution >= 0.6 is 0 Å². The number of nitrogens with zero attached hydrogens (tertiary/aromatic N) is 2. The first kappa shape index (κ1) is 29.9. The fourth-order valence-electron chi connectivity index (χ4n) is 5.17. The first-order valence-electron chi connectivity index (χ1n) is 14.7. The quantitative estimate of drug-likeness (QED) is 0.146. The smallest absolute Gasteiger partial charge is 0.0755 e. The SMILES string of the molecule is N#CCC(NCCCCCCNC(CC#N)=C(c1ccccc1)c1ccccc1)=C(c1ccccc1)c1ccccc1. The zero-order valence-corrected chi connectivity index (χ0v) is 24.1. The Labute approximate surface area is 250 Å². The molecule has 0 saturated heterocycles. The van der Waals surface area contributed by atoms with Crippen molar-refractivity contribution in [2.24, 2.45) is 0 Å². The molecule has 2 N–H and O–H groups in total. The van der Waals surface area contributed by atoms with Gasteiger partial charge in [0.25, 0.3) is 0 Å². The monoisotopic (exact) mass is 550 g/mol. The summed E-state index contributed by atoms with van der Waals surface area (Å²) >= 11 is 0. The lowest BCUT2D eigenvalue weighted by molar-refractivity contribution is 0.598. The van der Waals surface area contributed by atoms with E-state index in [0.29, 0.717) is 12.8 Å². The molecule has 0 aliphatic heterocycles. The number of rotatable bonds is 15. The van der Waals surface area contributed by atoms with Gasteiger partial charge in [0, 0.05) is 35.6 Å². The Morgan fingerprint density at radius 2 is 0.714 bits per heavy atom. The topological polar surface area (TPSA) is 71.6 Å². The molecular formula is C38H38N4. The van der Waals surface area contributed by atoms with Crippen LogP contribution in [-0.4, -0.2) is 13.1 Å². The molecule has 4 heteroatoms. The van der Waals surface area contributed by atoms with Gasteiger partial charge in [0.1, 0.15) is 0 Å². The van der Waals surface area contributed by atoms with Crippen molar-refractivity contribution in [2.75, 3.05) is 13.1 Å². The van der Waals surface area contributed by atoms with Crippen LogP contribution in [-0.2, 0) is 0 Å². The molecule has 4 rings (SSSR count). The van der Waals surface area contributed by atoms with Gasteiger partial charge in [0.2, 0.25) is 0 Å². The van der Waals surface area contributed by atoms with Gasteiger partial charge in [-0.25, -0.2) is 0 Å². The molecular weight excluding hydrogens is 512 g/mol. The number of unbranched alkanes of at least 4 members (excludes halogenated alkanes) is 3. The zero-order chi connectivity index (χ0) is 29.2. The number of nitrogens with one attached hydrogen (secondary N) is 2. The van der Waals surface area contributed by atoms with E-state index in [9.17, 15) is 10.5 Å². The van der Waals surface area contributed by atoms with Crippen LogP contribution in [0, 0.1) is 22.7 Å². The highest BCUT2D eigenvalue weighted by molar-refractivity contribution is 5.83. The Morgan fingerprint density at radius 3 is 0.976 bits per heavy atom. The van der Waals surface area contributed by atoms with Gasteiger partial charge in [-0.05, 0) is 35.1 Å². The van der Waals surface area contributed by atoms with Crippen molar-refractivity contribution in [1.29, 1.82) is 10.5 Å². The largest absolute Gasteiger partial charge is 0.387 e. The zero-order valence-electron chi connectivity index (χ0n) is 24.1. The fourth-order valence-corrected chi connectivity index (χ4v) is 5.17. The molecule has 0 radical (unpaired) electrons. The lowest BCUT2D eigenvalue weighted by Crippen LogP contribution is -2.18. The van der Waals surface area contributed by atoms with E-state index >= 15 is 0 Å². The van der Waals surface area contributed by atoms with E-state index in [4.69, 9.17) is 0 Å². The van der Waals surface area contributed by atoms with Gasteiger partial charge in [-0.15, -0.1) is 0 Å². The van der Waals surface area contributed by atoms with Crippen LogP contribution in [0.2, 0.25) is 0 Å². The standard InChI is InChI=1S/C38H38N4/c39-27-25-35(37(31-17-7-3-8-18-31)32-19-9-4-10-20-32)41-29-15-1-2-16-30-42-36(26-28-40)38(33-21-11-5-12-22-33)34-23-13-6-14-24-34/h3-14,17-24,41-42H,1-2,15-16,25-26,29-30H2. The summed E-state index contributed by atoms with van der Waals surface area (Å²) in [5.41, 5.74) is 8.56. The molecule has 4 aromatic carbocycles. The number of hydrogen-bond acceptors (Lipinski definition) is 4. The van der Waals surface area contributed by atoms with E-state index in [1.54, 1.807) is 0 Å². The summed E-state index contributed by atoms with van der Waals surface area (Å²) in [6.45, 7) is 1.64. The van der Waals surface area contributed by atoms with E-state index in [2.05, 4.69) is 71.3 Å². The van der Waals surface area contributed by atoms with Crippen molar-refractivity contribution in [3.63, 3.8) is 0 Å². The van der Waals surface area contributed by atoms with Crippen molar-refractivity contribution >= 4 is 11.1 Å². The van der Waals surface area contributed by atoms with Crippen molar-refractivity contribution in [3.05, 3.63) is 155 Å². The molecule has 0 amide bonds. The van der Waals surface area contributed by atoms with Crippen LogP contribution in [0.15, 0.2) is 133 Å². The molecule has 0 aromatic heterocycles. The molecule has 0 fully saturated rings. The van der Waals surface area contributed by atoms with Crippen molar-refractivity contribution in [1.82, 2.24) is 10.6 Å². The summed E-state index contributed by atoms with van der Waals surface area (Å²) in [5.74, 6) is 0. The first-order chi connectivity index (χ1) is 20.8. The minimum atomic E-state index is 0.336. The number of allylic oxidation sites excluding steroid dienone is 2. The van der Waals surface area contributed by atoms with E-state index in [0.717, 1.165) is 83.6 Å². The lowest BCUT2D eigenvalue weighted by Gasteiger charge is -2.17. The maximum absolute atomic E-state index is 9.59. The average molecular weight is 551 g/mol. The number of hydrogen-bond donors (Lipinski definition) is 2. The highest BCUT2D eigenvalue weighted by Gasteiger charge is 2.13. The summed E-state index contributed by atoms with van der Waals surface area (Å²) in [6.07, 6.45) is 4.88. The van der Waals surface area contributed by atoms with Crippen LogP contribution < -0.4 is 10.6 Å². The summed E-state index contributed by atoms with van der Waals surface area (Å²) in [6, 6.07) is 45.9. The molecule has 4 nitrogen and oxygen atoms in total. The second-order valence-corrected chi connectivity index (χ2v) is 10.1. The molecule has 42 heavy (non-hydrogen) atoms. The Kier molecular flexibility index (Phi) is 12.0. The molecule has 0 bridgehead atoms. The molecule has 0 atom stereocenters. The first-order valence-corrected chi connectivity index (χ1v) is 14.7. The minimum Gasteiger partial charge on any atom is -0.387 e. The molecule has 4 aromatic rings. The Bertz CT molecular complexity index is 1310. The third-order valence-corrected chi connectivity index (χ3v) is 7.15. The fraction of sp³-hybridized carbons (Fsp3) is 0.211. The van der Waals surface area contributed by atoms with Crippen LogP contribution in [0.4, 0.5) is 0 Å². The number of nitriles is 2. The van der Waals surface area contributed by atoms with Gasteiger partial charge in [0.05, 0.1) is 25.0 Å². The normalized spacial score (nSPS) is 10.1. The van der Waals surface area contributed by atoms with Crippen LogP contribution in [0.5, 0.6) is 0 Å². The average Bonchev–Trinajstić information content (AvgIpc) is 3.04. The molecule has 0 saturated carbocycles. The van der Waals surface area contributed by atoms with Gasteiger partial charge in [-0.1, -0.05) is 134 Å². The van der Waals surface area contributed by atoms with Crippen LogP contribution in [0.3, 0.4) is 0 Å². The van der Waals surface area contributed by atoms with Crippen LogP contribution in [0.1, 0.15) is 60.8 Å². The maximum Gasteiger partial charge on any atom is 0.0755 e. The molecule has 0 heterocycles. The maximum atomic E-state index is 9.59. The van der Waals surface area contributed by atoms with Crippen LogP contribution in [0.25, 0.3) is 11.1 Å². The second kappa shape index (κ2) is 16.9. The minimum absolute atomic E-state index is 0.336. The molecule has 0 aliphatic carbocycles. The van der Waals surface area contributed by atoms with Gasteiger partial charge in [0.15, 0.2) is 0 Å². The van der Waals surface area contributed by atoms with Gasteiger partial charge in [-0.3, -0.25) is 0 Å². The van der Waals surface area contributed by atoms with Gasteiger partial charge in [-0.2, -0.15) is 10.5 Å². The van der Waals surface area contributed by atoms with E-state index in [1.165, 1.54) is 0 Å². The molecule has 210 valence electrons. The van der Waals surface area contributed by atoms with Crippen molar-refractivity contribution in [2.45, 2.75) is 38.5 Å². The lowest BCUT2D eigenvalue weighted by atomic mass is 9.94. The van der Waals surface area contributed by atoms with Crippen molar-refractivity contribution < 1.29 is 0 Å². The Hall–Kier alpha value is -5.06. The van der Waals surface area contributed by atoms with Crippen molar-refractivity contribution in [3.8, 4) is 12.1 Å². The van der Waals surface area contributed by atoms with E-state index in [1.807, 2.05) is 72.8 Å². The number of benzene rings is 4.